The van der Waals surface area contributed by atoms with E-state index < -0.39 is 17.8 Å². The highest BCUT2D eigenvalue weighted by atomic mass is 16.5. The van der Waals surface area contributed by atoms with Crippen LogP contribution in [-0.4, -0.2) is 52.1 Å². The maximum absolute atomic E-state index is 13.1. The molecule has 0 saturated heterocycles. The number of rotatable bonds is 9. The second kappa shape index (κ2) is 13.8. The average Bonchev–Trinajstić information content (AvgIpc) is 3.06. The lowest BCUT2D eigenvalue weighted by atomic mass is 10.1. The molecule has 0 unspecified atom stereocenters. The standard InChI is InChI=1S/C34H30N2O7/c1-36(32(38)25-10-12-26(13-11-25)33(39)42-3)27-16-14-24(15-17-27)31(37)35-30-20-9-23(21-29(30)34(40)43-4)6-5-22-7-18-28(41-2)19-8-22/h5-21H,1-4H3,(H,35,37). The molecule has 0 aliphatic carbocycles. The first-order valence-electron chi connectivity index (χ1n) is 13.2. The van der Waals surface area contributed by atoms with Crippen molar-refractivity contribution in [1.29, 1.82) is 0 Å². The van der Waals surface area contributed by atoms with Gasteiger partial charge < -0.3 is 24.4 Å². The van der Waals surface area contributed by atoms with Crippen LogP contribution in [0.2, 0.25) is 0 Å². The molecule has 9 heteroatoms. The van der Waals surface area contributed by atoms with E-state index in [4.69, 9.17) is 9.47 Å². The first kappa shape index (κ1) is 30.3. The smallest absolute Gasteiger partial charge is 0.339 e. The van der Waals surface area contributed by atoms with Gasteiger partial charge in [-0.25, -0.2) is 9.59 Å². The van der Waals surface area contributed by atoms with E-state index in [0.29, 0.717) is 28.1 Å². The lowest BCUT2D eigenvalue weighted by molar-refractivity contribution is 0.0592. The highest BCUT2D eigenvalue weighted by molar-refractivity contribution is 6.09. The summed E-state index contributed by atoms with van der Waals surface area (Å²) in [6.07, 6.45) is 3.75. The predicted octanol–water partition coefficient (Wildman–Crippen LogP) is 5.97. The van der Waals surface area contributed by atoms with Gasteiger partial charge in [-0.3, -0.25) is 9.59 Å². The van der Waals surface area contributed by atoms with Gasteiger partial charge in [-0.05, 0) is 83.9 Å². The van der Waals surface area contributed by atoms with E-state index in [1.54, 1.807) is 68.8 Å². The molecule has 4 aromatic carbocycles. The van der Waals surface area contributed by atoms with Gasteiger partial charge in [-0.2, -0.15) is 0 Å². The van der Waals surface area contributed by atoms with Gasteiger partial charge in [-0.15, -0.1) is 0 Å². The van der Waals surface area contributed by atoms with Gasteiger partial charge in [-0.1, -0.05) is 30.4 Å². The molecule has 0 aliphatic rings. The molecule has 218 valence electrons. The molecular formula is C34H30N2O7. The number of anilines is 2. The number of benzene rings is 4. The van der Waals surface area contributed by atoms with E-state index in [9.17, 15) is 19.2 Å². The zero-order valence-electron chi connectivity index (χ0n) is 24.1. The van der Waals surface area contributed by atoms with Crippen LogP contribution in [-0.2, 0) is 9.47 Å². The van der Waals surface area contributed by atoms with Gasteiger partial charge >= 0.3 is 11.9 Å². The maximum Gasteiger partial charge on any atom is 0.339 e. The third-order valence-electron chi connectivity index (χ3n) is 6.66. The summed E-state index contributed by atoms with van der Waals surface area (Å²) < 4.78 is 14.8. The number of ether oxygens (including phenoxy) is 3. The van der Waals surface area contributed by atoms with Crippen molar-refractivity contribution in [3.05, 3.63) is 124 Å². The second-order valence-electron chi connectivity index (χ2n) is 9.34. The molecular weight excluding hydrogens is 548 g/mol. The number of hydrogen-bond acceptors (Lipinski definition) is 7. The van der Waals surface area contributed by atoms with E-state index >= 15 is 0 Å². The Balaban J connectivity index is 1.46. The maximum atomic E-state index is 13.1. The van der Waals surface area contributed by atoms with Crippen LogP contribution in [0.5, 0.6) is 5.75 Å². The lowest BCUT2D eigenvalue weighted by Crippen LogP contribution is -2.26. The molecule has 0 atom stereocenters. The molecule has 0 saturated carbocycles. The first-order chi connectivity index (χ1) is 20.7. The third kappa shape index (κ3) is 7.34. The quantitative estimate of drug-likeness (QED) is 0.192. The van der Waals surface area contributed by atoms with E-state index in [1.165, 1.54) is 31.3 Å². The molecule has 0 radical (unpaired) electrons. The Morgan fingerprint density at radius 1 is 0.651 bits per heavy atom. The Bertz CT molecular complexity index is 1660. The van der Waals surface area contributed by atoms with Crippen LogP contribution in [0, 0.1) is 0 Å². The molecule has 0 aliphatic heterocycles. The fourth-order valence-corrected chi connectivity index (χ4v) is 4.17. The highest BCUT2D eigenvalue weighted by Crippen LogP contribution is 2.23. The summed E-state index contributed by atoms with van der Waals surface area (Å²) in [6, 6.07) is 25.2. The summed E-state index contributed by atoms with van der Waals surface area (Å²) >= 11 is 0. The second-order valence-corrected chi connectivity index (χ2v) is 9.34. The molecule has 0 bridgehead atoms. The van der Waals surface area contributed by atoms with Crippen LogP contribution in [0.4, 0.5) is 11.4 Å². The summed E-state index contributed by atoms with van der Waals surface area (Å²) in [5.41, 5.74) is 3.80. The van der Waals surface area contributed by atoms with Gasteiger partial charge in [0, 0.05) is 23.9 Å². The molecule has 43 heavy (non-hydrogen) atoms. The minimum absolute atomic E-state index is 0.202. The fourth-order valence-electron chi connectivity index (χ4n) is 4.17. The van der Waals surface area contributed by atoms with E-state index in [2.05, 4.69) is 10.1 Å². The number of amides is 2. The molecule has 4 rings (SSSR count). The summed E-state index contributed by atoms with van der Waals surface area (Å²) in [6.45, 7) is 0. The van der Waals surface area contributed by atoms with Crippen molar-refractivity contribution in [2.24, 2.45) is 0 Å². The van der Waals surface area contributed by atoms with Crippen LogP contribution in [0.3, 0.4) is 0 Å². The predicted molar refractivity (Wildman–Crippen MR) is 165 cm³/mol. The minimum Gasteiger partial charge on any atom is -0.497 e. The topological polar surface area (TPSA) is 111 Å². The van der Waals surface area contributed by atoms with E-state index in [0.717, 1.165) is 16.9 Å². The minimum atomic E-state index is -0.592. The Morgan fingerprint density at radius 2 is 1.21 bits per heavy atom. The molecule has 4 aromatic rings. The van der Waals surface area contributed by atoms with Gasteiger partial charge in [0.25, 0.3) is 11.8 Å². The van der Waals surface area contributed by atoms with Crippen molar-refractivity contribution in [1.82, 2.24) is 0 Å². The number of nitrogens with one attached hydrogen (secondary N) is 1. The molecule has 0 spiro atoms. The SMILES string of the molecule is COC(=O)c1ccc(C(=O)N(C)c2ccc(C(=O)Nc3ccc(C=Cc4ccc(OC)cc4)cc3C(=O)OC)cc2)cc1. The Hall–Kier alpha value is -5.70. The van der Waals surface area contributed by atoms with E-state index in [1.807, 2.05) is 36.4 Å². The van der Waals surface area contributed by atoms with Crippen LogP contribution >= 0.6 is 0 Å². The number of methoxy groups -OCH3 is 3. The number of carbonyl (C=O) groups is 4. The monoisotopic (exact) mass is 578 g/mol. The highest BCUT2D eigenvalue weighted by Gasteiger charge is 2.18. The number of nitrogens with zero attached hydrogens (tertiary/aromatic N) is 1. The van der Waals surface area contributed by atoms with Gasteiger partial charge in [0.05, 0.1) is 38.1 Å². The Kier molecular flexibility index (Phi) is 9.70. The van der Waals surface area contributed by atoms with Crippen LogP contribution in [0.15, 0.2) is 91.0 Å². The number of esters is 2. The molecule has 0 fully saturated rings. The Morgan fingerprint density at radius 3 is 1.81 bits per heavy atom. The molecule has 0 aromatic heterocycles. The van der Waals surface area contributed by atoms with Crippen molar-refractivity contribution in [2.45, 2.75) is 0 Å². The number of hydrogen-bond donors (Lipinski definition) is 1. The first-order valence-corrected chi connectivity index (χ1v) is 13.2. The zero-order chi connectivity index (χ0) is 30.9. The van der Waals surface area contributed by atoms with Gasteiger partial charge in [0.1, 0.15) is 5.75 Å². The van der Waals surface area contributed by atoms with Crippen molar-refractivity contribution < 1.29 is 33.4 Å². The van der Waals surface area contributed by atoms with Gasteiger partial charge in [0.15, 0.2) is 0 Å². The Labute approximate surface area is 249 Å². The summed E-state index contributed by atoms with van der Waals surface area (Å²) in [4.78, 5) is 51.6. The largest absolute Gasteiger partial charge is 0.497 e. The van der Waals surface area contributed by atoms with Gasteiger partial charge in [0.2, 0.25) is 0 Å². The molecule has 0 heterocycles. The molecule has 2 amide bonds. The normalized spacial score (nSPS) is 10.6. The average molecular weight is 579 g/mol. The molecule has 1 N–H and O–H groups in total. The van der Waals surface area contributed by atoms with E-state index in [-0.39, 0.29) is 11.5 Å². The zero-order valence-corrected chi connectivity index (χ0v) is 24.1. The third-order valence-corrected chi connectivity index (χ3v) is 6.66. The van der Waals surface area contributed by atoms with Crippen molar-refractivity contribution in [2.75, 3.05) is 38.6 Å². The lowest BCUT2D eigenvalue weighted by Gasteiger charge is -2.18. The van der Waals surface area contributed by atoms with Crippen LogP contribution < -0.4 is 15.0 Å². The van der Waals surface area contributed by atoms with Crippen molar-refractivity contribution in [3.8, 4) is 5.75 Å². The fraction of sp³-hybridized carbons (Fsp3) is 0.118. The van der Waals surface area contributed by atoms with Crippen molar-refractivity contribution in [3.63, 3.8) is 0 Å². The van der Waals surface area contributed by atoms with Crippen molar-refractivity contribution >= 4 is 47.3 Å². The summed E-state index contributed by atoms with van der Waals surface area (Å²) in [5, 5.41) is 2.78. The summed E-state index contributed by atoms with van der Waals surface area (Å²) in [5.74, 6) is -1.06. The number of carbonyl (C=O) groups excluding carboxylic acids is 4. The van der Waals surface area contributed by atoms with Crippen LogP contribution in [0.1, 0.15) is 52.6 Å². The molecule has 9 nitrogen and oxygen atoms in total. The summed E-state index contributed by atoms with van der Waals surface area (Å²) in [7, 11) is 5.78. The van der Waals surface area contributed by atoms with Crippen LogP contribution in [0.25, 0.3) is 12.2 Å².